The second-order valence-electron chi connectivity index (χ2n) is 7.50. The monoisotopic (exact) mass is 420 g/mol. The number of rotatable bonds is 5. The summed E-state index contributed by atoms with van der Waals surface area (Å²) in [5.41, 5.74) is 4.74. The van der Waals surface area contributed by atoms with Crippen LogP contribution in [0.3, 0.4) is 0 Å². The van der Waals surface area contributed by atoms with Gasteiger partial charge in [0.25, 0.3) is 0 Å². The molecule has 1 aliphatic heterocycles. The van der Waals surface area contributed by atoms with Crippen molar-refractivity contribution in [2.75, 3.05) is 31.6 Å². The van der Waals surface area contributed by atoms with Crippen molar-refractivity contribution in [2.45, 2.75) is 46.1 Å². The zero-order chi connectivity index (χ0) is 21.3. The SMILES string of the molecule is Cc1cc(C)c(NC(=O)Cn2nc(C)c(S(=O)(=O)N3CCOCC3)c2C)c(C)c1. The molecule has 1 fully saturated rings. The normalized spacial score (nSPS) is 15.5. The number of nitrogens with zero attached hydrogens (tertiary/aromatic N) is 3. The fourth-order valence-corrected chi connectivity index (χ4v) is 5.60. The molecule has 0 radical (unpaired) electrons. The number of morpholine rings is 1. The fourth-order valence-electron chi connectivity index (χ4n) is 3.82. The van der Waals surface area contributed by atoms with Gasteiger partial charge in [-0.1, -0.05) is 17.7 Å². The summed E-state index contributed by atoms with van der Waals surface area (Å²) in [5, 5.41) is 7.27. The fraction of sp³-hybridized carbons (Fsp3) is 0.500. The van der Waals surface area contributed by atoms with Crippen molar-refractivity contribution in [2.24, 2.45) is 0 Å². The smallest absolute Gasteiger partial charge is 0.246 e. The van der Waals surface area contributed by atoms with Crippen LogP contribution in [0.5, 0.6) is 0 Å². The lowest BCUT2D eigenvalue weighted by atomic mass is 10.1. The molecule has 0 unspecified atom stereocenters. The molecule has 0 saturated carbocycles. The van der Waals surface area contributed by atoms with E-state index in [1.54, 1.807) is 13.8 Å². The topological polar surface area (TPSA) is 93.5 Å². The van der Waals surface area contributed by atoms with Gasteiger partial charge < -0.3 is 10.1 Å². The summed E-state index contributed by atoms with van der Waals surface area (Å²) in [5.74, 6) is -0.249. The van der Waals surface area contributed by atoms with E-state index in [4.69, 9.17) is 4.74 Å². The Balaban J connectivity index is 1.83. The number of anilines is 1. The van der Waals surface area contributed by atoms with Gasteiger partial charge in [-0.25, -0.2) is 8.42 Å². The van der Waals surface area contributed by atoms with E-state index < -0.39 is 10.0 Å². The summed E-state index contributed by atoms with van der Waals surface area (Å²) < 4.78 is 34.2. The summed E-state index contributed by atoms with van der Waals surface area (Å²) in [6.07, 6.45) is 0. The standard InChI is InChI=1S/C20H28N4O4S/c1-13-10-14(2)19(15(3)11-13)21-18(25)12-24-17(5)20(16(4)22-24)29(26,27)23-6-8-28-9-7-23/h10-11H,6-9,12H2,1-5H3,(H,21,25). The maximum absolute atomic E-state index is 13.1. The van der Waals surface area contributed by atoms with Gasteiger partial charge in [-0.15, -0.1) is 0 Å². The van der Waals surface area contributed by atoms with Crippen molar-refractivity contribution >= 4 is 21.6 Å². The summed E-state index contributed by atoms with van der Waals surface area (Å²) in [7, 11) is -3.68. The number of hydrogen-bond donors (Lipinski definition) is 1. The molecule has 158 valence electrons. The maximum Gasteiger partial charge on any atom is 0.246 e. The first-order valence-electron chi connectivity index (χ1n) is 9.61. The number of amides is 1. The molecular formula is C20H28N4O4S. The average Bonchev–Trinajstić information content (AvgIpc) is 2.92. The van der Waals surface area contributed by atoms with Gasteiger partial charge in [0, 0.05) is 18.8 Å². The molecule has 1 saturated heterocycles. The quantitative estimate of drug-likeness (QED) is 0.799. The summed E-state index contributed by atoms with van der Waals surface area (Å²) in [6, 6.07) is 4.03. The Bertz CT molecular complexity index is 1010. The van der Waals surface area contributed by atoms with Crippen molar-refractivity contribution < 1.29 is 17.9 Å². The highest BCUT2D eigenvalue weighted by molar-refractivity contribution is 7.89. The van der Waals surface area contributed by atoms with Gasteiger partial charge in [0.2, 0.25) is 15.9 Å². The Hall–Kier alpha value is -2.23. The number of benzene rings is 1. The van der Waals surface area contributed by atoms with Crippen molar-refractivity contribution in [3.8, 4) is 0 Å². The van der Waals surface area contributed by atoms with E-state index in [2.05, 4.69) is 10.4 Å². The number of sulfonamides is 1. The van der Waals surface area contributed by atoms with Crippen molar-refractivity contribution in [1.82, 2.24) is 14.1 Å². The molecule has 0 spiro atoms. The van der Waals surface area contributed by atoms with Crippen molar-refractivity contribution in [3.05, 3.63) is 40.2 Å². The van der Waals surface area contributed by atoms with Crippen LogP contribution in [0.25, 0.3) is 0 Å². The van der Waals surface area contributed by atoms with Crippen LogP contribution < -0.4 is 5.32 Å². The first-order valence-corrected chi connectivity index (χ1v) is 11.0. The molecule has 1 N–H and O–H groups in total. The maximum atomic E-state index is 13.1. The molecule has 1 aromatic heterocycles. The lowest BCUT2D eigenvalue weighted by molar-refractivity contribution is -0.117. The van der Waals surface area contributed by atoms with Crippen LogP contribution in [0.4, 0.5) is 5.69 Å². The second-order valence-corrected chi connectivity index (χ2v) is 9.37. The third-order valence-electron chi connectivity index (χ3n) is 5.12. The van der Waals surface area contributed by atoms with Crippen LogP contribution in [-0.4, -0.2) is 54.7 Å². The molecule has 0 aliphatic carbocycles. The highest BCUT2D eigenvalue weighted by Crippen LogP contribution is 2.25. The molecule has 9 heteroatoms. The molecule has 0 bridgehead atoms. The van der Waals surface area contributed by atoms with Gasteiger partial charge in [0.05, 0.1) is 24.6 Å². The predicted molar refractivity (Wildman–Crippen MR) is 111 cm³/mol. The first-order chi connectivity index (χ1) is 13.6. The number of ether oxygens (including phenoxy) is 1. The Labute approximate surface area is 171 Å². The highest BCUT2D eigenvalue weighted by atomic mass is 32.2. The van der Waals surface area contributed by atoms with E-state index in [1.165, 1.54) is 8.99 Å². The van der Waals surface area contributed by atoms with Gasteiger partial charge in [0.1, 0.15) is 11.4 Å². The minimum Gasteiger partial charge on any atom is -0.379 e. The van der Waals surface area contributed by atoms with Crippen LogP contribution in [-0.2, 0) is 26.1 Å². The van der Waals surface area contributed by atoms with Crippen LogP contribution in [0.1, 0.15) is 28.1 Å². The number of aromatic nitrogens is 2. The predicted octanol–water partition coefficient (Wildman–Crippen LogP) is 2.08. The lowest BCUT2D eigenvalue weighted by Gasteiger charge is -2.26. The van der Waals surface area contributed by atoms with Crippen LogP contribution in [0.2, 0.25) is 0 Å². The summed E-state index contributed by atoms with van der Waals surface area (Å²) in [6.45, 7) is 10.6. The third-order valence-corrected chi connectivity index (χ3v) is 7.27. The minimum atomic E-state index is -3.68. The number of aryl methyl sites for hydroxylation is 4. The van der Waals surface area contributed by atoms with Crippen molar-refractivity contribution in [1.29, 1.82) is 0 Å². The van der Waals surface area contributed by atoms with Crippen LogP contribution in [0.15, 0.2) is 17.0 Å². The molecule has 2 heterocycles. The second kappa shape index (κ2) is 8.25. The largest absolute Gasteiger partial charge is 0.379 e. The van der Waals surface area contributed by atoms with E-state index in [-0.39, 0.29) is 17.3 Å². The minimum absolute atomic E-state index is 0.0575. The molecule has 1 aromatic carbocycles. The molecule has 29 heavy (non-hydrogen) atoms. The number of nitrogens with one attached hydrogen (secondary N) is 1. The van der Waals surface area contributed by atoms with Gasteiger partial charge in [0.15, 0.2) is 0 Å². The van der Waals surface area contributed by atoms with Gasteiger partial charge in [-0.05, 0) is 45.7 Å². The molecule has 1 aliphatic rings. The van der Waals surface area contributed by atoms with Crippen LogP contribution >= 0.6 is 0 Å². The zero-order valence-corrected chi connectivity index (χ0v) is 18.4. The van der Waals surface area contributed by atoms with Gasteiger partial charge in [-0.2, -0.15) is 9.40 Å². The van der Waals surface area contributed by atoms with E-state index >= 15 is 0 Å². The highest BCUT2D eigenvalue weighted by Gasteiger charge is 2.32. The number of hydrogen-bond acceptors (Lipinski definition) is 5. The number of carbonyl (C=O) groups excluding carboxylic acids is 1. The molecular weight excluding hydrogens is 392 g/mol. The van der Waals surface area contributed by atoms with Crippen LogP contribution in [0, 0.1) is 34.6 Å². The lowest BCUT2D eigenvalue weighted by Crippen LogP contribution is -2.41. The first kappa shape index (κ1) is 21.5. The van der Waals surface area contributed by atoms with E-state index in [1.807, 2.05) is 32.9 Å². The Kier molecular flexibility index (Phi) is 6.11. The Morgan fingerprint density at radius 1 is 1.10 bits per heavy atom. The molecule has 8 nitrogen and oxygen atoms in total. The average molecular weight is 421 g/mol. The Morgan fingerprint density at radius 2 is 1.69 bits per heavy atom. The van der Waals surface area contributed by atoms with Gasteiger partial charge in [-0.3, -0.25) is 9.48 Å². The summed E-state index contributed by atoms with van der Waals surface area (Å²) in [4.78, 5) is 12.8. The van der Waals surface area contributed by atoms with E-state index in [9.17, 15) is 13.2 Å². The Morgan fingerprint density at radius 3 is 2.28 bits per heavy atom. The molecule has 0 atom stereocenters. The van der Waals surface area contributed by atoms with Gasteiger partial charge >= 0.3 is 0 Å². The van der Waals surface area contributed by atoms with Crippen molar-refractivity contribution in [3.63, 3.8) is 0 Å². The molecule has 3 rings (SSSR count). The molecule has 2 aromatic rings. The zero-order valence-electron chi connectivity index (χ0n) is 17.6. The third kappa shape index (κ3) is 4.36. The summed E-state index contributed by atoms with van der Waals surface area (Å²) >= 11 is 0. The van der Waals surface area contributed by atoms with E-state index in [0.717, 1.165) is 22.4 Å². The van der Waals surface area contributed by atoms with E-state index in [0.29, 0.717) is 37.7 Å². The molecule has 1 amide bonds. The number of carbonyl (C=O) groups is 1.